The van der Waals surface area contributed by atoms with Gasteiger partial charge in [0, 0.05) is 5.56 Å². The predicted molar refractivity (Wildman–Crippen MR) is 80.4 cm³/mol. The van der Waals surface area contributed by atoms with Crippen LogP contribution in [0.4, 0.5) is 0 Å². The number of nitrogens with one attached hydrogen (secondary N) is 1. The lowest BCUT2D eigenvalue weighted by atomic mass is 10.2. The third-order valence-corrected chi connectivity index (χ3v) is 3.56. The van der Waals surface area contributed by atoms with Gasteiger partial charge in [-0.3, -0.25) is 9.36 Å². The zero-order valence-electron chi connectivity index (χ0n) is 11.0. The van der Waals surface area contributed by atoms with Crippen molar-refractivity contribution in [1.29, 1.82) is 0 Å². The van der Waals surface area contributed by atoms with Crippen molar-refractivity contribution in [3.63, 3.8) is 0 Å². The molecule has 0 aliphatic carbocycles. The second kappa shape index (κ2) is 6.50. The van der Waals surface area contributed by atoms with Gasteiger partial charge in [-0.25, -0.2) is 0 Å². The molecule has 0 heterocycles. The minimum absolute atomic E-state index is 0.324. The second-order valence-electron chi connectivity index (χ2n) is 4.30. The summed E-state index contributed by atoms with van der Waals surface area (Å²) < 4.78 is 11.5. The van der Waals surface area contributed by atoms with Gasteiger partial charge in [-0.2, -0.15) is 0 Å². The summed E-state index contributed by atoms with van der Waals surface area (Å²) >= 11 is 0. The van der Waals surface area contributed by atoms with Crippen molar-refractivity contribution in [1.82, 2.24) is 5.32 Å². The van der Waals surface area contributed by atoms with Crippen LogP contribution in [0.25, 0.3) is 6.08 Å². The summed E-state index contributed by atoms with van der Waals surface area (Å²) in [6.45, 7) is 0. The van der Waals surface area contributed by atoms with Crippen LogP contribution < -0.4 is 5.32 Å². The average molecular weight is 303 g/mol. The molecule has 2 aromatic carbocycles. The maximum Gasteiger partial charge on any atom is 0.372 e. The highest BCUT2D eigenvalue weighted by molar-refractivity contribution is 7.56. The molecule has 0 atom stereocenters. The third kappa shape index (κ3) is 4.39. The molecule has 108 valence electrons. The molecule has 3 N–H and O–H groups in total. The topological polar surface area (TPSA) is 86.6 Å². The van der Waals surface area contributed by atoms with Crippen LogP contribution in [-0.4, -0.2) is 15.7 Å². The Balaban J connectivity index is 2.29. The highest BCUT2D eigenvalue weighted by Crippen LogP contribution is 2.44. The number of hydrogen-bond donors (Lipinski definition) is 3. The lowest BCUT2D eigenvalue weighted by Gasteiger charge is -2.11. The molecular weight excluding hydrogens is 289 g/mol. The van der Waals surface area contributed by atoms with Crippen molar-refractivity contribution in [2.24, 2.45) is 0 Å². The van der Waals surface area contributed by atoms with Crippen molar-refractivity contribution in [2.75, 3.05) is 0 Å². The fraction of sp³-hybridized carbons (Fsp3) is 0. The predicted octanol–water partition coefficient (Wildman–Crippen LogP) is 2.59. The maximum atomic E-state index is 12.0. The van der Waals surface area contributed by atoms with Gasteiger partial charge in [-0.05, 0) is 23.8 Å². The largest absolute Gasteiger partial charge is 0.372 e. The number of amides is 1. The SMILES string of the molecule is O=C(N/C(=C/c1ccccc1)P(=O)(O)O)c1ccccc1. The first-order valence-electron chi connectivity index (χ1n) is 6.16. The van der Waals surface area contributed by atoms with E-state index in [0.29, 0.717) is 11.1 Å². The molecule has 21 heavy (non-hydrogen) atoms. The lowest BCUT2D eigenvalue weighted by molar-refractivity contribution is 0.0966. The van der Waals surface area contributed by atoms with Gasteiger partial charge in [-0.1, -0.05) is 48.5 Å². The molecule has 0 saturated heterocycles. The van der Waals surface area contributed by atoms with Crippen LogP contribution in [0.5, 0.6) is 0 Å². The first-order chi connectivity index (χ1) is 9.97. The molecule has 0 saturated carbocycles. The Labute approximate surface area is 122 Å². The van der Waals surface area contributed by atoms with Crippen LogP contribution in [0.2, 0.25) is 0 Å². The summed E-state index contributed by atoms with van der Waals surface area (Å²) in [4.78, 5) is 30.7. The molecule has 0 radical (unpaired) electrons. The molecule has 0 unspecified atom stereocenters. The van der Waals surface area contributed by atoms with E-state index >= 15 is 0 Å². The van der Waals surface area contributed by atoms with Crippen molar-refractivity contribution in [3.05, 3.63) is 77.2 Å². The van der Waals surface area contributed by atoms with Crippen LogP contribution in [0.15, 0.2) is 66.1 Å². The van der Waals surface area contributed by atoms with Gasteiger partial charge in [0.1, 0.15) is 5.44 Å². The Morgan fingerprint density at radius 2 is 1.48 bits per heavy atom. The van der Waals surface area contributed by atoms with Gasteiger partial charge in [-0.15, -0.1) is 0 Å². The van der Waals surface area contributed by atoms with E-state index in [0.717, 1.165) is 0 Å². The first kappa shape index (κ1) is 15.2. The van der Waals surface area contributed by atoms with E-state index in [9.17, 15) is 19.1 Å². The van der Waals surface area contributed by atoms with Gasteiger partial charge < -0.3 is 15.1 Å². The number of hydrogen-bond acceptors (Lipinski definition) is 2. The molecule has 0 aliphatic rings. The fourth-order valence-electron chi connectivity index (χ4n) is 1.68. The van der Waals surface area contributed by atoms with Crippen molar-refractivity contribution < 1.29 is 19.1 Å². The monoisotopic (exact) mass is 303 g/mol. The van der Waals surface area contributed by atoms with Crippen molar-refractivity contribution >= 4 is 19.6 Å². The summed E-state index contributed by atoms with van der Waals surface area (Å²) in [5.74, 6) is -0.568. The molecule has 0 aliphatic heterocycles. The highest BCUT2D eigenvalue weighted by atomic mass is 31.2. The van der Waals surface area contributed by atoms with E-state index in [1.807, 2.05) is 0 Å². The molecule has 5 nitrogen and oxygen atoms in total. The zero-order valence-corrected chi connectivity index (χ0v) is 11.9. The number of carbonyl (C=O) groups is 1. The molecule has 1 amide bonds. The van der Waals surface area contributed by atoms with Gasteiger partial charge >= 0.3 is 7.60 Å². The van der Waals surface area contributed by atoms with E-state index in [4.69, 9.17) is 0 Å². The Bertz CT molecular complexity index is 692. The van der Waals surface area contributed by atoms with Crippen molar-refractivity contribution in [2.45, 2.75) is 0 Å². The molecule has 0 aromatic heterocycles. The van der Waals surface area contributed by atoms with E-state index in [2.05, 4.69) is 5.32 Å². The van der Waals surface area contributed by atoms with Crippen LogP contribution >= 0.6 is 7.60 Å². The quantitative estimate of drug-likeness (QED) is 0.758. The standard InChI is InChI=1S/C15H14NO4P/c17-15(13-9-5-2-6-10-13)16-14(21(18,19)20)11-12-7-3-1-4-8-12/h1-11H,(H,16,17)(H2,18,19,20)/b14-11-. The summed E-state index contributed by atoms with van der Waals surface area (Å²) in [7, 11) is -4.59. The Morgan fingerprint density at radius 3 is 2.00 bits per heavy atom. The average Bonchev–Trinajstić information content (AvgIpc) is 2.47. The maximum absolute atomic E-state index is 12.0. The molecule has 2 aromatic rings. The van der Waals surface area contributed by atoms with Crippen LogP contribution in [-0.2, 0) is 4.57 Å². The van der Waals surface area contributed by atoms with Gasteiger partial charge in [0.25, 0.3) is 5.91 Å². The van der Waals surface area contributed by atoms with Crippen LogP contribution in [0.1, 0.15) is 15.9 Å². The zero-order chi connectivity index (χ0) is 15.3. The smallest absolute Gasteiger partial charge is 0.320 e. The highest BCUT2D eigenvalue weighted by Gasteiger charge is 2.23. The van der Waals surface area contributed by atoms with E-state index < -0.39 is 18.9 Å². The third-order valence-electron chi connectivity index (χ3n) is 2.69. The molecule has 0 bridgehead atoms. The van der Waals surface area contributed by atoms with E-state index in [1.165, 1.54) is 6.08 Å². The van der Waals surface area contributed by atoms with Gasteiger partial charge in [0.15, 0.2) is 0 Å². The first-order valence-corrected chi connectivity index (χ1v) is 7.77. The lowest BCUT2D eigenvalue weighted by Crippen LogP contribution is -2.22. The van der Waals surface area contributed by atoms with Crippen LogP contribution in [0, 0.1) is 0 Å². The Hall–Kier alpha value is -2.20. The molecular formula is C15H14NO4P. The summed E-state index contributed by atoms with van der Waals surface area (Å²) in [5, 5.41) is 2.28. The summed E-state index contributed by atoms with van der Waals surface area (Å²) in [6.07, 6.45) is 1.27. The van der Waals surface area contributed by atoms with Gasteiger partial charge in [0.05, 0.1) is 0 Å². The minimum Gasteiger partial charge on any atom is -0.320 e. The van der Waals surface area contributed by atoms with Crippen molar-refractivity contribution in [3.8, 4) is 0 Å². The number of benzene rings is 2. The Kier molecular flexibility index (Phi) is 4.70. The number of carbonyl (C=O) groups excluding carboxylic acids is 1. The normalized spacial score (nSPS) is 12.0. The molecule has 2 rings (SSSR count). The van der Waals surface area contributed by atoms with Gasteiger partial charge in [0.2, 0.25) is 0 Å². The molecule has 0 spiro atoms. The Morgan fingerprint density at radius 1 is 0.952 bits per heavy atom. The second-order valence-corrected chi connectivity index (χ2v) is 5.87. The summed E-state index contributed by atoms with van der Waals surface area (Å²) in [5.41, 5.74) is 0.483. The fourth-order valence-corrected chi connectivity index (χ4v) is 2.24. The minimum atomic E-state index is -4.59. The summed E-state index contributed by atoms with van der Waals surface area (Å²) in [6, 6.07) is 16.9. The van der Waals surface area contributed by atoms with E-state index in [1.54, 1.807) is 60.7 Å². The number of rotatable bonds is 4. The molecule has 6 heteroatoms. The molecule has 0 fully saturated rings. The van der Waals surface area contributed by atoms with Crippen LogP contribution in [0.3, 0.4) is 0 Å². The van der Waals surface area contributed by atoms with E-state index in [-0.39, 0.29) is 0 Å².